The van der Waals surface area contributed by atoms with Crippen molar-refractivity contribution < 1.29 is 4.79 Å². The van der Waals surface area contributed by atoms with Gasteiger partial charge in [0.15, 0.2) is 0 Å². The van der Waals surface area contributed by atoms with E-state index in [1.54, 1.807) is 0 Å². The third kappa shape index (κ3) is 3.81. The van der Waals surface area contributed by atoms with Crippen LogP contribution >= 0.6 is 0 Å². The van der Waals surface area contributed by atoms with Gasteiger partial charge < -0.3 is 14.7 Å². The molecule has 160 valence electrons. The first-order valence-electron chi connectivity index (χ1n) is 11.6. The zero-order chi connectivity index (χ0) is 21.2. The Kier molecular flexibility index (Phi) is 5.65. The first-order valence-corrected chi connectivity index (χ1v) is 11.6. The van der Waals surface area contributed by atoms with Gasteiger partial charge >= 0.3 is 0 Å². The number of benzene rings is 3. The number of hydrogen-bond acceptors (Lipinski definition) is 3. The Morgan fingerprint density at radius 1 is 0.839 bits per heavy atom. The number of aryl methyl sites for hydroxylation is 1. The fraction of sp³-hybridized carbons (Fsp3) is 0.370. The molecule has 0 saturated carbocycles. The van der Waals surface area contributed by atoms with Crippen LogP contribution in [0.2, 0.25) is 0 Å². The lowest BCUT2D eigenvalue weighted by Crippen LogP contribution is -2.31. The zero-order valence-corrected chi connectivity index (χ0v) is 18.4. The van der Waals surface area contributed by atoms with Gasteiger partial charge in [0.25, 0.3) is 5.91 Å². The first kappa shape index (κ1) is 20.1. The van der Waals surface area contributed by atoms with Crippen molar-refractivity contribution in [2.75, 3.05) is 49.1 Å². The van der Waals surface area contributed by atoms with Crippen LogP contribution in [-0.4, -0.2) is 50.1 Å². The summed E-state index contributed by atoms with van der Waals surface area (Å²) in [6.07, 6.45) is 3.53. The summed E-state index contributed by atoms with van der Waals surface area (Å²) in [4.78, 5) is 19.8. The molecule has 31 heavy (non-hydrogen) atoms. The maximum atomic E-state index is 12.8. The van der Waals surface area contributed by atoms with Crippen molar-refractivity contribution in [2.24, 2.45) is 0 Å². The quantitative estimate of drug-likeness (QED) is 0.571. The molecule has 3 aromatic rings. The maximum Gasteiger partial charge on any atom is 0.258 e. The van der Waals surface area contributed by atoms with Gasteiger partial charge in [-0.2, -0.15) is 0 Å². The van der Waals surface area contributed by atoms with Crippen molar-refractivity contribution in [3.8, 4) is 0 Å². The lowest BCUT2D eigenvalue weighted by molar-refractivity contribution is 0.0994. The van der Waals surface area contributed by atoms with E-state index in [4.69, 9.17) is 0 Å². The van der Waals surface area contributed by atoms with Gasteiger partial charge in [-0.15, -0.1) is 0 Å². The van der Waals surface area contributed by atoms with Crippen molar-refractivity contribution >= 4 is 28.1 Å². The largest absolute Gasteiger partial charge is 0.370 e. The summed E-state index contributed by atoms with van der Waals surface area (Å²) in [7, 11) is 0. The Morgan fingerprint density at radius 3 is 2.52 bits per heavy atom. The molecule has 2 heterocycles. The average molecular weight is 414 g/mol. The summed E-state index contributed by atoms with van der Waals surface area (Å²) in [5.74, 6) is 0.140. The molecule has 0 aliphatic carbocycles. The molecule has 1 saturated heterocycles. The van der Waals surface area contributed by atoms with Gasteiger partial charge in [0.2, 0.25) is 0 Å². The van der Waals surface area contributed by atoms with Gasteiger partial charge in [-0.25, -0.2) is 0 Å². The van der Waals surface area contributed by atoms with Gasteiger partial charge in [0, 0.05) is 48.2 Å². The Bertz CT molecular complexity index is 1080. The number of amides is 1. The number of carbonyl (C=O) groups excluding carboxylic acids is 1. The van der Waals surface area contributed by atoms with Crippen LogP contribution in [0.4, 0.5) is 11.4 Å². The zero-order valence-electron chi connectivity index (χ0n) is 18.4. The Balaban J connectivity index is 1.30. The minimum absolute atomic E-state index is 0.140. The molecule has 4 heteroatoms. The van der Waals surface area contributed by atoms with Crippen LogP contribution in [0.15, 0.2) is 60.7 Å². The summed E-state index contributed by atoms with van der Waals surface area (Å²) in [5.41, 5.74) is 4.63. The first-order chi connectivity index (χ1) is 15.3. The summed E-state index contributed by atoms with van der Waals surface area (Å²) in [6.45, 7) is 8.28. The van der Waals surface area contributed by atoms with Crippen LogP contribution in [0, 0.1) is 0 Å². The van der Waals surface area contributed by atoms with Crippen LogP contribution < -0.4 is 9.80 Å². The van der Waals surface area contributed by atoms with E-state index in [1.165, 1.54) is 29.5 Å². The Morgan fingerprint density at radius 2 is 1.68 bits per heavy atom. The third-order valence-electron chi connectivity index (χ3n) is 6.79. The van der Waals surface area contributed by atoms with Crippen LogP contribution in [0.3, 0.4) is 0 Å². The second-order valence-electron chi connectivity index (χ2n) is 8.65. The molecule has 1 fully saturated rings. The van der Waals surface area contributed by atoms with E-state index >= 15 is 0 Å². The summed E-state index contributed by atoms with van der Waals surface area (Å²) < 4.78 is 0. The van der Waals surface area contributed by atoms with Gasteiger partial charge in [-0.05, 0) is 63.0 Å². The van der Waals surface area contributed by atoms with Gasteiger partial charge in [-0.3, -0.25) is 4.79 Å². The minimum Gasteiger partial charge on any atom is -0.370 e. The fourth-order valence-electron chi connectivity index (χ4n) is 5.21. The Hall–Kier alpha value is -2.85. The van der Waals surface area contributed by atoms with E-state index in [9.17, 15) is 4.79 Å². The highest BCUT2D eigenvalue weighted by Crippen LogP contribution is 2.41. The summed E-state index contributed by atoms with van der Waals surface area (Å²) in [6, 6.07) is 21.4. The van der Waals surface area contributed by atoms with Crippen molar-refractivity contribution in [3.63, 3.8) is 0 Å². The molecule has 0 unspecified atom stereocenters. The molecule has 5 rings (SSSR count). The van der Waals surface area contributed by atoms with Gasteiger partial charge in [0.1, 0.15) is 0 Å². The van der Waals surface area contributed by atoms with E-state index in [1.807, 2.05) is 24.0 Å². The van der Waals surface area contributed by atoms with Crippen LogP contribution in [-0.2, 0) is 6.42 Å². The minimum atomic E-state index is 0.140. The van der Waals surface area contributed by atoms with Crippen molar-refractivity contribution in [1.29, 1.82) is 0 Å². The fourth-order valence-corrected chi connectivity index (χ4v) is 5.21. The van der Waals surface area contributed by atoms with Crippen molar-refractivity contribution in [3.05, 3.63) is 71.8 Å². The highest BCUT2D eigenvalue weighted by Gasteiger charge is 2.30. The number of nitrogens with zero attached hydrogens (tertiary/aromatic N) is 3. The number of rotatable bonds is 6. The predicted molar refractivity (Wildman–Crippen MR) is 129 cm³/mol. The second kappa shape index (κ2) is 8.72. The summed E-state index contributed by atoms with van der Waals surface area (Å²) in [5, 5.41) is 2.35. The highest BCUT2D eigenvalue weighted by molar-refractivity contribution is 6.26. The van der Waals surface area contributed by atoms with E-state index in [2.05, 4.69) is 58.3 Å². The molecule has 0 aromatic heterocycles. The van der Waals surface area contributed by atoms with E-state index in [0.717, 1.165) is 55.8 Å². The van der Waals surface area contributed by atoms with Crippen LogP contribution in [0.25, 0.3) is 10.8 Å². The topological polar surface area (TPSA) is 26.8 Å². The van der Waals surface area contributed by atoms with E-state index < -0.39 is 0 Å². The van der Waals surface area contributed by atoms with Gasteiger partial charge in [-0.1, -0.05) is 42.5 Å². The molecule has 2 aliphatic rings. The SMILES string of the molecule is CCN1C(=O)c2cccc3c(N4CCCN(CCCc5ccccc5)CC4)ccc1c23. The van der Waals surface area contributed by atoms with Crippen molar-refractivity contribution in [2.45, 2.75) is 26.2 Å². The van der Waals surface area contributed by atoms with Crippen molar-refractivity contribution in [1.82, 2.24) is 4.90 Å². The predicted octanol–water partition coefficient (Wildman–Crippen LogP) is 4.96. The van der Waals surface area contributed by atoms with Gasteiger partial charge in [0.05, 0.1) is 5.69 Å². The number of carbonyl (C=O) groups is 1. The molecule has 0 N–H and O–H groups in total. The normalized spacial score (nSPS) is 16.9. The molecule has 0 atom stereocenters. The second-order valence-corrected chi connectivity index (χ2v) is 8.65. The smallest absolute Gasteiger partial charge is 0.258 e. The molecule has 1 amide bonds. The third-order valence-corrected chi connectivity index (χ3v) is 6.79. The van der Waals surface area contributed by atoms with E-state index in [0.29, 0.717) is 6.54 Å². The molecule has 0 bridgehead atoms. The molecular weight excluding hydrogens is 382 g/mol. The van der Waals surface area contributed by atoms with Crippen LogP contribution in [0.5, 0.6) is 0 Å². The average Bonchev–Trinajstić information content (AvgIpc) is 2.94. The molecule has 3 aromatic carbocycles. The number of hydrogen-bond donors (Lipinski definition) is 0. The maximum absolute atomic E-state index is 12.8. The lowest BCUT2D eigenvalue weighted by Gasteiger charge is -2.26. The molecule has 0 radical (unpaired) electrons. The summed E-state index contributed by atoms with van der Waals surface area (Å²) >= 11 is 0. The standard InChI is InChI=1S/C27H31N3O/c1-2-30-25-15-14-24(22-12-6-13-23(26(22)25)27(30)31)29-18-8-17-28(19-20-29)16-7-11-21-9-4-3-5-10-21/h3-6,9-10,12-15H,2,7-8,11,16-20H2,1H3. The molecule has 0 spiro atoms. The molecular formula is C27H31N3O. The van der Waals surface area contributed by atoms with E-state index in [-0.39, 0.29) is 5.91 Å². The molecule has 2 aliphatic heterocycles. The number of anilines is 2. The highest BCUT2D eigenvalue weighted by atomic mass is 16.2. The monoisotopic (exact) mass is 413 g/mol. The molecule has 4 nitrogen and oxygen atoms in total. The Labute approximate surface area is 185 Å². The van der Waals surface area contributed by atoms with Crippen LogP contribution in [0.1, 0.15) is 35.7 Å². The lowest BCUT2D eigenvalue weighted by atomic mass is 10.0.